The second-order valence-electron chi connectivity index (χ2n) is 3.36. The first kappa shape index (κ1) is 11.6. The number of hydrogen-bond donors (Lipinski definition) is 1. The molecule has 4 heteroatoms. The lowest BCUT2D eigenvalue weighted by Gasteiger charge is -2.17. The van der Waals surface area contributed by atoms with Gasteiger partial charge in [-0.2, -0.15) is 0 Å². The zero-order chi connectivity index (χ0) is 10.4. The maximum atomic E-state index is 11.0. The third kappa shape index (κ3) is 4.15. The smallest absolute Gasteiger partial charge is 0.367 e. The lowest BCUT2D eigenvalue weighted by molar-refractivity contribution is 0.125. The fraction of sp³-hybridized carbons (Fsp3) is 0.700. The van der Waals surface area contributed by atoms with E-state index in [1.807, 2.05) is 12.2 Å². The highest BCUT2D eigenvalue weighted by Crippen LogP contribution is 2.16. The van der Waals surface area contributed by atoms with E-state index >= 15 is 0 Å². The van der Waals surface area contributed by atoms with Gasteiger partial charge in [0.15, 0.2) is 0 Å². The number of ether oxygens (including phenoxy) is 1. The van der Waals surface area contributed by atoms with Gasteiger partial charge in [0.1, 0.15) is 6.10 Å². The molecule has 0 aliphatic heterocycles. The highest BCUT2D eigenvalue weighted by molar-refractivity contribution is 8.12. The number of thioether (sulfide) groups is 1. The van der Waals surface area contributed by atoms with Gasteiger partial charge in [-0.25, -0.2) is 4.79 Å². The number of aliphatic hydroxyl groups is 1. The third-order valence-electron chi connectivity index (χ3n) is 2.20. The monoisotopic (exact) mass is 216 g/mol. The van der Waals surface area contributed by atoms with Gasteiger partial charge >= 0.3 is 5.30 Å². The van der Waals surface area contributed by atoms with Crippen LogP contribution in [0.1, 0.15) is 25.7 Å². The van der Waals surface area contributed by atoms with Crippen molar-refractivity contribution in [1.82, 2.24) is 0 Å². The van der Waals surface area contributed by atoms with Crippen LogP contribution in [0.4, 0.5) is 4.79 Å². The highest BCUT2D eigenvalue weighted by Gasteiger charge is 2.14. The molecule has 0 spiro atoms. The topological polar surface area (TPSA) is 46.5 Å². The Kier molecular flexibility index (Phi) is 5.04. The summed E-state index contributed by atoms with van der Waals surface area (Å²) in [4.78, 5) is 11.0. The van der Waals surface area contributed by atoms with Gasteiger partial charge in [-0.15, -0.1) is 0 Å². The standard InChI is InChI=1S/C10H16O3S/c1-14-10(12)13-9-6-2-4-8(11)5-3-7-9/h2,6,8-9,11H,3-5,7H2,1H3/b6-2+. The maximum Gasteiger partial charge on any atom is 0.367 e. The van der Waals surface area contributed by atoms with Gasteiger partial charge in [-0.1, -0.05) is 6.08 Å². The van der Waals surface area contributed by atoms with Crippen molar-refractivity contribution in [2.45, 2.75) is 37.9 Å². The molecular formula is C10H16O3S. The Hall–Kier alpha value is -0.480. The van der Waals surface area contributed by atoms with Gasteiger partial charge in [0, 0.05) is 0 Å². The lowest BCUT2D eigenvalue weighted by Crippen LogP contribution is -2.16. The summed E-state index contributed by atoms with van der Waals surface area (Å²) in [5, 5.41) is 9.13. The number of carbonyl (C=O) groups is 1. The molecule has 14 heavy (non-hydrogen) atoms. The van der Waals surface area contributed by atoms with Crippen LogP contribution in [-0.4, -0.2) is 28.9 Å². The average molecular weight is 216 g/mol. The molecule has 0 amide bonds. The quantitative estimate of drug-likeness (QED) is 0.540. The first-order valence-corrected chi connectivity index (χ1v) is 6.04. The van der Waals surface area contributed by atoms with Crippen LogP contribution < -0.4 is 0 Å². The molecule has 0 aromatic carbocycles. The van der Waals surface area contributed by atoms with Crippen LogP contribution in [-0.2, 0) is 4.74 Å². The fourth-order valence-electron chi connectivity index (χ4n) is 1.43. The molecule has 0 heterocycles. The summed E-state index contributed by atoms with van der Waals surface area (Å²) in [6, 6.07) is 0. The highest BCUT2D eigenvalue weighted by atomic mass is 32.2. The Morgan fingerprint density at radius 1 is 1.57 bits per heavy atom. The second kappa shape index (κ2) is 6.09. The minimum Gasteiger partial charge on any atom is -0.450 e. The van der Waals surface area contributed by atoms with E-state index in [9.17, 15) is 9.90 Å². The predicted octanol–water partition coefficient (Wildman–Crippen LogP) is 2.35. The molecule has 80 valence electrons. The van der Waals surface area contributed by atoms with E-state index in [0.717, 1.165) is 31.0 Å². The minimum atomic E-state index is -0.235. The van der Waals surface area contributed by atoms with Gasteiger partial charge in [-0.3, -0.25) is 0 Å². The first-order valence-electron chi connectivity index (χ1n) is 4.81. The van der Waals surface area contributed by atoms with E-state index in [1.54, 1.807) is 6.26 Å². The van der Waals surface area contributed by atoms with Gasteiger partial charge < -0.3 is 9.84 Å². The molecule has 0 aromatic heterocycles. The van der Waals surface area contributed by atoms with Gasteiger partial charge in [-0.05, 0) is 49.8 Å². The summed E-state index contributed by atoms with van der Waals surface area (Å²) in [6.45, 7) is 0. The van der Waals surface area contributed by atoms with E-state index in [-0.39, 0.29) is 17.5 Å². The van der Waals surface area contributed by atoms with Crippen LogP contribution in [0.15, 0.2) is 12.2 Å². The molecule has 2 atom stereocenters. The minimum absolute atomic E-state index is 0.109. The van der Waals surface area contributed by atoms with Gasteiger partial charge in [0.25, 0.3) is 0 Å². The van der Waals surface area contributed by atoms with Crippen molar-refractivity contribution in [3.05, 3.63) is 12.2 Å². The third-order valence-corrected chi connectivity index (χ3v) is 2.63. The van der Waals surface area contributed by atoms with Crippen molar-refractivity contribution in [3.63, 3.8) is 0 Å². The summed E-state index contributed by atoms with van der Waals surface area (Å²) in [5.74, 6) is 0. The molecule has 0 saturated carbocycles. The van der Waals surface area contributed by atoms with Crippen LogP contribution in [0, 0.1) is 0 Å². The molecular weight excluding hydrogens is 200 g/mol. The molecule has 0 saturated heterocycles. The van der Waals surface area contributed by atoms with Crippen LogP contribution in [0.3, 0.4) is 0 Å². The number of aliphatic hydroxyl groups excluding tert-OH is 1. The van der Waals surface area contributed by atoms with Crippen molar-refractivity contribution >= 4 is 17.1 Å². The maximum absolute atomic E-state index is 11.0. The predicted molar refractivity (Wildman–Crippen MR) is 57.4 cm³/mol. The summed E-state index contributed by atoms with van der Waals surface area (Å²) >= 11 is 1.09. The summed E-state index contributed by atoms with van der Waals surface area (Å²) in [5.41, 5.74) is 0. The Balaban J connectivity index is 2.41. The van der Waals surface area contributed by atoms with E-state index in [0.29, 0.717) is 6.42 Å². The first-order chi connectivity index (χ1) is 6.72. The zero-order valence-corrected chi connectivity index (χ0v) is 9.13. The molecule has 1 rings (SSSR count). The van der Waals surface area contributed by atoms with Gasteiger partial charge in [0.2, 0.25) is 0 Å². The molecule has 0 bridgehead atoms. The Labute approximate surface area is 88.5 Å². The molecule has 1 N–H and O–H groups in total. The van der Waals surface area contributed by atoms with Crippen molar-refractivity contribution in [1.29, 1.82) is 0 Å². The summed E-state index contributed by atoms with van der Waals surface area (Å²) < 4.78 is 5.17. The molecule has 0 radical (unpaired) electrons. The average Bonchev–Trinajstić information content (AvgIpc) is 2.14. The van der Waals surface area contributed by atoms with E-state index < -0.39 is 0 Å². The number of rotatable bonds is 1. The molecule has 1 aliphatic rings. The van der Waals surface area contributed by atoms with E-state index in [2.05, 4.69) is 0 Å². The van der Waals surface area contributed by atoms with E-state index in [1.165, 1.54) is 0 Å². The van der Waals surface area contributed by atoms with Crippen molar-refractivity contribution < 1.29 is 14.6 Å². The molecule has 1 aliphatic carbocycles. The SMILES string of the molecule is CSC(=O)OC1/C=C/CC(O)CCC1. The van der Waals surface area contributed by atoms with Gasteiger partial charge in [0.05, 0.1) is 6.10 Å². The van der Waals surface area contributed by atoms with E-state index in [4.69, 9.17) is 4.74 Å². The van der Waals surface area contributed by atoms with Crippen molar-refractivity contribution in [2.75, 3.05) is 6.26 Å². The number of hydrogen-bond acceptors (Lipinski definition) is 4. The van der Waals surface area contributed by atoms with Crippen LogP contribution in [0.5, 0.6) is 0 Å². The fourth-order valence-corrected chi connectivity index (χ4v) is 1.65. The van der Waals surface area contributed by atoms with Crippen molar-refractivity contribution in [2.24, 2.45) is 0 Å². The normalized spacial score (nSPS) is 30.1. The van der Waals surface area contributed by atoms with Crippen LogP contribution in [0.2, 0.25) is 0 Å². The van der Waals surface area contributed by atoms with Crippen LogP contribution >= 0.6 is 11.8 Å². The number of carbonyl (C=O) groups excluding carboxylic acids is 1. The summed E-state index contributed by atoms with van der Waals surface area (Å²) in [6.07, 6.45) is 8.28. The Morgan fingerprint density at radius 2 is 2.36 bits per heavy atom. The summed E-state index contributed by atoms with van der Waals surface area (Å²) in [7, 11) is 0. The molecule has 2 unspecified atom stereocenters. The molecule has 0 aromatic rings. The largest absolute Gasteiger partial charge is 0.450 e. The second-order valence-corrected chi connectivity index (χ2v) is 4.10. The van der Waals surface area contributed by atoms with Crippen molar-refractivity contribution in [3.8, 4) is 0 Å². The molecule has 0 fully saturated rings. The Morgan fingerprint density at radius 3 is 3.07 bits per heavy atom. The zero-order valence-electron chi connectivity index (χ0n) is 8.31. The Bertz CT molecular complexity index is 215. The molecule has 3 nitrogen and oxygen atoms in total. The van der Waals surface area contributed by atoms with Crippen LogP contribution in [0.25, 0.3) is 0 Å². The lowest BCUT2D eigenvalue weighted by atomic mass is 10.0.